The van der Waals surface area contributed by atoms with Crippen molar-refractivity contribution in [1.29, 1.82) is 0 Å². The monoisotopic (exact) mass is 475 g/mol. The van der Waals surface area contributed by atoms with Crippen LogP contribution in [-0.2, 0) is 16.6 Å². The second-order valence-electron chi connectivity index (χ2n) is 6.67. The number of aromatic nitrogens is 1. The molecule has 0 aliphatic heterocycles. The van der Waals surface area contributed by atoms with Gasteiger partial charge in [0.25, 0.3) is 15.9 Å². The maximum absolute atomic E-state index is 13.1. The Morgan fingerprint density at radius 3 is 2.47 bits per heavy atom. The van der Waals surface area contributed by atoms with Gasteiger partial charge in [0.2, 0.25) is 5.88 Å². The average Bonchev–Trinajstić information content (AvgIpc) is 2.82. The van der Waals surface area contributed by atoms with E-state index in [1.807, 2.05) is 0 Å². The standard InChI is InChI=1S/C22H22ClN3O5S/c1-26(16-6-8-17(30-2)9-7-16)32(28,29)18-10-11-20(23)19(13-18)21(27)25-14-15-5-4-12-24-22(15)31-3/h4-13H,14H2,1-3H3,(H,25,27). The van der Waals surface area contributed by atoms with Gasteiger partial charge in [0.1, 0.15) is 5.75 Å². The Balaban J connectivity index is 1.84. The van der Waals surface area contributed by atoms with E-state index in [1.54, 1.807) is 42.6 Å². The highest BCUT2D eigenvalue weighted by molar-refractivity contribution is 7.92. The van der Waals surface area contributed by atoms with E-state index < -0.39 is 15.9 Å². The number of halogens is 1. The minimum absolute atomic E-state index is 0.0405. The number of anilines is 1. The number of rotatable bonds is 8. The molecule has 168 valence electrons. The molecule has 0 radical (unpaired) electrons. The van der Waals surface area contributed by atoms with E-state index in [1.165, 1.54) is 39.5 Å². The molecule has 3 rings (SSSR count). The molecule has 1 amide bonds. The van der Waals surface area contributed by atoms with Crippen LogP contribution in [0.25, 0.3) is 0 Å². The Morgan fingerprint density at radius 1 is 1.09 bits per heavy atom. The molecule has 10 heteroatoms. The summed E-state index contributed by atoms with van der Waals surface area (Å²) in [4.78, 5) is 16.8. The molecule has 1 aromatic heterocycles. The van der Waals surface area contributed by atoms with Crippen LogP contribution in [0.15, 0.2) is 65.7 Å². The van der Waals surface area contributed by atoms with Crippen LogP contribution in [0.3, 0.4) is 0 Å². The average molecular weight is 476 g/mol. The number of carbonyl (C=O) groups excluding carboxylic acids is 1. The number of ether oxygens (including phenoxy) is 2. The summed E-state index contributed by atoms with van der Waals surface area (Å²) in [5.41, 5.74) is 1.15. The zero-order valence-electron chi connectivity index (χ0n) is 17.7. The van der Waals surface area contributed by atoms with Gasteiger partial charge in [0.05, 0.1) is 35.4 Å². The third-order valence-electron chi connectivity index (χ3n) is 4.76. The quantitative estimate of drug-likeness (QED) is 0.535. The lowest BCUT2D eigenvalue weighted by atomic mass is 10.2. The summed E-state index contributed by atoms with van der Waals surface area (Å²) in [5.74, 6) is 0.469. The Morgan fingerprint density at radius 2 is 1.81 bits per heavy atom. The fourth-order valence-electron chi connectivity index (χ4n) is 2.94. The van der Waals surface area contributed by atoms with Crippen LogP contribution in [0.4, 0.5) is 5.69 Å². The molecule has 0 bridgehead atoms. The van der Waals surface area contributed by atoms with Crippen LogP contribution in [0, 0.1) is 0 Å². The molecule has 0 aliphatic rings. The van der Waals surface area contributed by atoms with Gasteiger partial charge in [-0.2, -0.15) is 0 Å². The number of nitrogens with zero attached hydrogens (tertiary/aromatic N) is 2. The predicted octanol–water partition coefficient (Wildman–Crippen LogP) is 3.51. The number of hydrogen-bond acceptors (Lipinski definition) is 6. The lowest BCUT2D eigenvalue weighted by molar-refractivity contribution is 0.0950. The number of carbonyl (C=O) groups is 1. The van der Waals surface area contributed by atoms with Gasteiger partial charge in [-0.05, 0) is 48.5 Å². The molecule has 0 fully saturated rings. The first-order chi connectivity index (χ1) is 15.3. The summed E-state index contributed by atoms with van der Waals surface area (Å²) in [6.45, 7) is 0.134. The van der Waals surface area contributed by atoms with E-state index >= 15 is 0 Å². The van der Waals surface area contributed by atoms with Crippen molar-refractivity contribution >= 4 is 33.2 Å². The smallest absolute Gasteiger partial charge is 0.264 e. The number of hydrogen-bond donors (Lipinski definition) is 1. The van der Waals surface area contributed by atoms with Crippen molar-refractivity contribution in [3.63, 3.8) is 0 Å². The zero-order chi connectivity index (χ0) is 23.3. The van der Waals surface area contributed by atoms with Crippen molar-refractivity contribution < 1.29 is 22.7 Å². The summed E-state index contributed by atoms with van der Waals surface area (Å²) in [6.07, 6.45) is 1.58. The van der Waals surface area contributed by atoms with Crippen LogP contribution >= 0.6 is 11.6 Å². The zero-order valence-corrected chi connectivity index (χ0v) is 19.3. The summed E-state index contributed by atoms with van der Waals surface area (Å²) >= 11 is 6.19. The lowest BCUT2D eigenvalue weighted by Gasteiger charge is -2.20. The number of sulfonamides is 1. The Kier molecular flexibility index (Phi) is 7.22. The third kappa shape index (κ3) is 4.95. The number of pyridine rings is 1. The first-order valence-corrected chi connectivity index (χ1v) is 11.3. The van der Waals surface area contributed by atoms with Crippen LogP contribution in [0.2, 0.25) is 5.02 Å². The van der Waals surface area contributed by atoms with E-state index in [2.05, 4.69) is 10.3 Å². The third-order valence-corrected chi connectivity index (χ3v) is 6.87. The van der Waals surface area contributed by atoms with Crippen LogP contribution in [0.1, 0.15) is 15.9 Å². The van der Waals surface area contributed by atoms with Gasteiger partial charge in [-0.3, -0.25) is 9.10 Å². The predicted molar refractivity (Wildman–Crippen MR) is 122 cm³/mol. The van der Waals surface area contributed by atoms with E-state index in [0.29, 0.717) is 22.9 Å². The van der Waals surface area contributed by atoms with Gasteiger partial charge in [0, 0.05) is 25.4 Å². The van der Waals surface area contributed by atoms with Crippen LogP contribution < -0.4 is 19.1 Å². The van der Waals surface area contributed by atoms with Crippen molar-refractivity contribution in [2.24, 2.45) is 0 Å². The molecule has 0 spiro atoms. The minimum Gasteiger partial charge on any atom is -0.497 e. The van der Waals surface area contributed by atoms with E-state index in [0.717, 1.165) is 4.31 Å². The molecular formula is C22H22ClN3O5S. The topological polar surface area (TPSA) is 97.8 Å². The van der Waals surface area contributed by atoms with Gasteiger partial charge in [-0.1, -0.05) is 17.7 Å². The Labute approximate surface area is 191 Å². The molecule has 0 saturated carbocycles. The summed E-state index contributed by atoms with van der Waals surface area (Å²) < 4.78 is 37.7. The highest BCUT2D eigenvalue weighted by Crippen LogP contribution is 2.27. The molecular weight excluding hydrogens is 454 g/mol. The lowest BCUT2D eigenvalue weighted by Crippen LogP contribution is -2.27. The van der Waals surface area contributed by atoms with Gasteiger partial charge >= 0.3 is 0 Å². The maximum atomic E-state index is 13.1. The van der Waals surface area contributed by atoms with Crippen LogP contribution in [0.5, 0.6) is 11.6 Å². The van der Waals surface area contributed by atoms with Crippen molar-refractivity contribution in [3.8, 4) is 11.6 Å². The summed E-state index contributed by atoms with van der Waals surface area (Å²) in [7, 11) is 0.505. The van der Waals surface area contributed by atoms with Crippen molar-refractivity contribution in [2.45, 2.75) is 11.4 Å². The molecule has 0 aliphatic carbocycles. The SMILES string of the molecule is COc1ccc(N(C)S(=O)(=O)c2ccc(Cl)c(C(=O)NCc3cccnc3OC)c2)cc1. The molecule has 2 aromatic carbocycles. The highest BCUT2D eigenvalue weighted by Gasteiger charge is 2.24. The van der Waals surface area contributed by atoms with E-state index in [9.17, 15) is 13.2 Å². The van der Waals surface area contributed by atoms with Gasteiger partial charge < -0.3 is 14.8 Å². The minimum atomic E-state index is -3.94. The molecule has 1 heterocycles. The summed E-state index contributed by atoms with van der Waals surface area (Å²) in [5, 5.41) is 2.85. The maximum Gasteiger partial charge on any atom is 0.264 e. The molecule has 32 heavy (non-hydrogen) atoms. The van der Waals surface area contributed by atoms with Gasteiger partial charge in [-0.25, -0.2) is 13.4 Å². The molecule has 8 nitrogen and oxygen atoms in total. The molecule has 3 aromatic rings. The normalized spacial score (nSPS) is 11.0. The largest absolute Gasteiger partial charge is 0.497 e. The molecule has 1 N–H and O–H groups in total. The first-order valence-electron chi connectivity index (χ1n) is 9.46. The fourth-order valence-corrected chi connectivity index (χ4v) is 4.37. The molecule has 0 atom stereocenters. The van der Waals surface area contributed by atoms with Crippen molar-refractivity contribution in [3.05, 3.63) is 76.9 Å². The van der Waals surface area contributed by atoms with Gasteiger partial charge in [0.15, 0.2) is 0 Å². The first kappa shape index (κ1) is 23.4. The van der Waals surface area contributed by atoms with Gasteiger partial charge in [-0.15, -0.1) is 0 Å². The second-order valence-corrected chi connectivity index (χ2v) is 9.04. The number of amides is 1. The Hall–Kier alpha value is -3.30. The van der Waals surface area contributed by atoms with E-state index in [-0.39, 0.29) is 22.0 Å². The number of nitrogens with one attached hydrogen (secondary N) is 1. The van der Waals surface area contributed by atoms with Crippen LogP contribution in [-0.4, -0.2) is 40.6 Å². The summed E-state index contributed by atoms with van der Waals surface area (Å²) in [6, 6.07) is 14.1. The van der Waals surface area contributed by atoms with E-state index in [4.69, 9.17) is 21.1 Å². The Bertz CT molecular complexity index is 1220. The highest BCUT2D eigenvalue weighted by atomic mass is 35.5. The fraction of sp³-hybridized carbons (Fsp3) is 0.182. The number of benzene rings is 2. The van der Waals surface area contributed by atoms with Crippen molar-refractivity contribution in [2.75, 3.05) is 25.6 Å². The number of methoxy groups -OCH3 is 2. The second kappa shape index (κ2) is 9.88. The molecule has 0 saturated heterocycles. The molecule has 0 unspecified atom stereocenters. The van der Waals surface area contributed by atoms with Crippen molar-refractivity contribution in [1.82, 2.24) is 10.3 Å².